The first kappa shape index (κ1) is 24.3. The fourth-order valence-electron chi connectivity index (χ4n) is 3.58. The van der Waals surface area contributed by atoms with Crippen molar-refractivity contribution in [2.24, 2.45) is 0 Å². The van der Waals surface area contributed by atoms with E-state index in [2.05, 4.69) is 0 Å². The van der Waals surface area contributed by atoms with Gasteiger partial charge in [0, 0.05) is 23.3 Å². The molecule has 0 aliphatic carbocycles. The lowest BCUT2D eigenvalue weighted by Crippen LogP contribution is -2.20. The standard InChI is InChI=1S/C29H23NO6/c1-20-6-5-9-26(18-20)35-19-21-10-12-24(13-11-21)29(32)36-28(27(31)22-7-3-2-4-8-22)23-14-16-25(17-15-23)30(33)34/h2-18,28H,19H2,1H3/t28-/m0/s1. The molecule has 0 fully saturated rings. The highest BCUT2D eigenvalue weighted by molar-refractivity contribution is 6.02. The lowest BCUT2D eigenvalue weighted by atomic mass is 9.99. The van der Waals surface area contributed by atoms with Crippen LogP contribution >= 0.6 is 0 Å². The molecule has 4 aromatic carbocycles. The molecule has 0 unspecified atom stereocenters. The number of hydrogen-bond donors (Lipinski definition) is 0. The number of benzene rings is 4. The van der Waals surface area contributed by atoms with E-state index in [0.29, 0.717) is 17.7 Å². The molecule has 0 spiro atoms. The van der Waals surface area contributed by atoms with Crippen molar-refractivity contribution in [2.45, 2.75) is 19.6 Å². The Morgan fingerprint density at radius 2 is 1.53 bits per heavy atom. The number of rotatable bonds is 9. The molecule has 4 aromatic rings. The Balaban J connectivity index is 1.50. The summed E-state index contributed by atoms with van der Waals surface area (Å²) in [5.74, 6) is -0.362. The number of nitrogens with zero attached hydrogens (tertiary/aromatic N) is 1. The molecule has 0 aliphatic heterocycles. The van der Waals surface area contributed by atoms with Crippen LogP contribution in [-0.4, -0.2) is 16.7 Å². The summed E-state index contributed by atoms with van der Waals surface area (Å²) >= 11 is 0. The summed E-state index contributed by atoms with van der Waals surface area (Å²) in [6.45, 7) is 2.32. The fraction of sp³-hybridized carbons (Fsp3) is 0.103. The van der Waals surface area contributed by atoms with Gasteiger partial charge >= 0.3 is 5.97 Å². The Hall–Kier alpha value is -4.78. The van der Waals surface area contributed by atoms with Gasteiger partial charge in [-0.25, -0.2) is 4.79 Å². The predicted octanol–water partition coefficient (Wildman–Crippen LogP) is 6.26. The molecule has 0 N–H and O–H groups in total. The van der Waals surface area contributed by atoms with Crippen molar-refractivity contribution in [3.05, 3.63) is 141 Å². The minimum Gasteiger partial charge on any atom is -0.489 e. The molecule has 180 valence electrons. The summed E-state index contributed by atoms with van der Waals surface area (Å²) in [5.41, 5.74) is 2.79. The van der Waals surface area contributed by atoms with Crippen LogP contribution in [0.5, 0.6) is 5.75 Å². The molecule has 7 heteroatoms. The Kier molecular flexibility index (Phi) is 7.51. The minimum atomic E-state index is -1.26. The summed E-state index contributed by atoms with van der Waals surface area (Å²) in [7, 11) is 0. The topological polar surface area (TPSA) is 95.7 Å². The van der Waals surface area contributed by atoms with Crippen LogP contribution in [-0.2, 0) is 11.3 Å². The number of ether oxygens (including phenoxy) is 2. The van der Waals surface area contributed by atoms with E-state index in [9.17, 15) is 19.7 Å². The smallest absolute Gasteiger partial charge is 0.339 e. The van der Waals surface area contributed by atoms with Gasteiger partial charge in [0.15, 0.2) is 6.10 Å². The molecule has 4 rings (SSSR count). The van der Waals surface area contributed by atoms with Crippen molar-refractivity contribution < 1.29 is 24.0 Å². The summed E-state index contributed by atoms with van der Waals surface area (Å²) in [4.78, 5) is 36.6. The van der Waals surface area contributed by atoms with Gasteiger partial charge in [-0.3, -0.25) is 14.9 Å². The van der Waals surface area contributed by atoms with E-state index in [1.54, 1.807) is 54.6 Å². The number of nitro benzene ring substituents is 1. The van der Waals surface area contributed by atoms with Crippen molar-refractivity contribution in [1.29, 1.82) is 0 Å². The summed E-state index contributed by atoms with van der Waals surface area (Å²) in [5, 5.41) is 11.0. The molecule has 0 amide bonds. The number of esters is 1. The fourth-order valence-corrected chi connectivity index (χ4v) is 3.58. The van der Waals surface area contributed by atoms with Gasteiger partial charge in [-0.15, -0.1) is 0 Å². The number of aryl methyl sites for hydroxylation is 1. The predicted molar refractivity (Wildman–Crippen MR) is 134 cm³/mol. The average molecular weight is 482 g/mol. The molecular weight excluding hydrogens is 458 g/mol. The first-order valence-corrected chi connectivity index (χ1v) is 11.2. The molecule has 0 aliphatic rings. The van der Waals surface area contributed by atoms with Gasteiger partial charge in [-0.1, -0.05) is 54.6 Å². The molecule has 0 saturated heterocycles. The van der Waals surface area contributed by atoms with Gasteiger partial charge in [0.05, 0.1) is 10.5 Å². The monoisotopic (exact) mass is 481 g/mol. The van der Waals surface area contributed by atoms with Crippen LogP contribution in [0.1, 0.15) is 43.5 Å². The Labute approximate surface area is 208 Å². The van der Waals surface area contributed by atoms with Crippen LogP contribution in [0.15, 0.2) is 103 Å². The molecule has 7 nitrogen and oxygen atoms in total. The van der Waals surface area contributed by atoms with Gasteiger partial charge < -0.3 is 9.47 Å². The largest absolute Gasteiger partial charge is 0.489 e. The summed E-state index contributed by atoms with van der Waals surface area (Å²) in [6, 6.07) is 28.3. The number of ketones is 1. The zero-order valence-corrected chi connectivity index (χ0v) is 19.5. The second kappa shape index (κ2) is 11.1. The van der Waals surface area contributed by atoms with Crippen LogP contribution in [0, 0.1) is 17.0 Å². The number of carbonyl (C=O) groups excluding carboxylic acids is 2. The summed E-state index contributed by atoms with van der Waals surface area (Å²) < 4.78 is 11.4. The van der Waals surface area contributed by atoms with Crippen LogP contribution in [0.4, 0.5) is 5.69 Å². The molecule has 1 atom stereocenters. The third-order valence-corrected chi connectivity index (χ3v) is 5.51. The highest BCUT2D eigenvalue weighted by Gasteiger charge is 2.27. The molecule has 0 aromatic heterocycles. The van der Waals surface area contributed by atoms with Crippen LogP contribution < -0.4 is 4.74 Å². The minimum absolute atomic E-state index is 0.126. The number of nitro groups is 1. The van der Waals surface area contributed by atoms with Crippen molar-refractivity contribution in [3.63, 3.8) is 0 Å². The van der Waals surface area contributed by atoms with Gasteiger partial charge in [0.1, 0.15) is 12.4 Å². The third kappa shape index (κ3) is 6.01. The average Bonchev–Trinajstić information content (AvgIpc) is 2.91. The van der Waals surface area contributed by atoms with E-state index in [-0.39, 0.29) is 11.3 Å². The highest BCUT2D eigenvalue weighted by atomic mass is 16.6. The van der Waals surface area contributed by atoms with Crippen molar-refractivity contribution in [2.75, 3.05) is 0 Å². The second-order valence-electron chi connectivity index (χ2n) is 8.17. The Morgan fingerprint density at radius 1 is 0.833 bits per heavy atom. The summed E-state index contributed by atoms with van der Waals surface area (Å²) in [6.07, 6.45) is -1.26. The molecule has 0 heterocycles. The molecule has 0 saturated carbocycles. The highest BCUT2D eigenvalue weighted by Crippen LogP contribution is 2.26. The third-order valence-electron chi connectivity index (χ3n) is 5.51. The maximum Gasteiger partial charge on any atom is 0.339 e. The molecule has 36 heavy (non-hydrogen) atoms. The first-order valence-electron chi connectivity index (χ1n) is 11.2. The van der Waals surface area contributed by atoms with E-state index in [4.69, 9.17) is 9.47 Å². The van der Waals surface area contributed by atoms with E-state index >= 15 is 0 Å². The lowest BCUT2D eigenvalue weighted by molar-refractivity contribution is -0.384. The number of carbonyl (C=O) groups is 2. The number of non-ortho nitro benzene ring substituents is 1. The van der Waals surface area contributed by atoms with Gasteiger partial charge in [-0.05, 0) is 54.4 Å². The number of Topliss-reactive ketones (excluding diaryl/α,β-unsaturated/α-hetero) is 1. The van der Waals surface area contributed by atoms with Crippen molar-refractivity contribution in [1.82, 2.24) is 0 Å². The van der Waals surface area contributed by atoms with Crippen molar-refractivity contribution >= 4 is 17.4 Å². The second-order valence-corrected chi connectivity index (χ2v) is 8.17. The maximum atomic E-state index is 13.2. The normalized spacial score (nSPS) is 11.4. The van der Waals surface area contributed by atoms with Gasteiger partial charge in [0.2, 0.25) is 5.78 Å². The van der Waals surface area contributed by atoms with Crippen LogP contribution in [0.2, 0.25) is 0 Å². The SMILES string of the molecule is Cc1cccc(OCc2ccc(C(=O)O[C@H](C(=O)c3ccccc3)c3ccc([N+](=O)[O-])cc3)cc2)c1. The Bertz CT molecular complexity index is 1370. The molecule has 0 bridgehead atoms. The maximum absolute atomic E-state index is 13.2. The quantitative estimate of drug-likeness (QED) is 0.121. The zero-order valence-electron chi connectivity index (χ0n) is 19.5. The zero-order chi connectivity index (χ0) is 25.5. The van der Waals surface area contributed by atoms with Crippen molar-refractivity contribution in [3.8, 4) is 5.75 Å². The molecular formula is C29H23NO6. The number of hydrogen-bond acceptors (Lipinski definition) is 6. The van der Waals surface area contributed by atoms with Crippen LogP contribution in [0.3, 0.4) is 0 Å². The van der Waals surface area contributed by atoms with E-state index in [1.807, 2.05) is 31.2 Å². The molecule has 0 radical (unpaired) electrons. The lowest BCUT2D eigenvalue weighted by Gasteiger charge is -2.17. The van der Waals surface area contributed by atoms with Gasteiger partial charge in [-0.2, -0.15) is 0 Å². The van der Waals surface area contributed by atoms with Gasteiger partial charge in [0.25, 0.3) is 5.69 Å². The Morgan fingerprint density at radius 3 is 2.17 bits per heavy atom. The van der Waals surface area contributed by atoms with Crippen LogP contribution in [0.25, 0.3) is 0 Å². The first-order chi connectivity index (χ1) is 17.4. The van der Waals surface area contributed by atoms with E-state index in [1.165, 1.54) is 24.3 Å². The van der Waals surface area contributed by atoms with E-state index in [0.717, 1.165) is 16.9 Å². The van der Waals surface area contributed by atoms with E-state index < -0.39 is 22.8 Å².